The molecule has 30 heavy (non-hydrogen) atoms. The number of halogens is 2. The average Bonchev–Trinajstić information content (AvgIpc) is 3.21. The molecule has 5 nitrogen and oxygen atoms in total. The molecule has 1 unspecified atom stereocenters. The zero-order valence-corrected chi connectivity index (χ0v) is 18.1. The van der Waals surface area contributed by atoms with Gasteiger partial charge in [-0.25, -0.2) is 4.39 Å². The van der Waals surface area contributed by atoms with Crippen LogP contribution in [-0.4, -0.2) is 26.7 Å². The lowest BCUT2D eigenvalue weighted by molar-refractivity contribution is 0.396. The molecule has 0 fully saturated rings. The molecule has 154 valence electrons. The number of aromatic nitrogens is 2. The summed E-state index contributed by atoms with van der Waals surface area (Å²) in [5.74, 6) is 0.459. The van der Waals surface area contributed by atoms with Crippen molar-refractivity contribution in [3.05, 3.63) is 76.5 Å². The van der Waals surface area contributed by atoms with Gasteiger partial charge in [-0.2, -0.15) is 4.98 Å². The van der Waals surface area contributed by atoms with Gasteiger partial charge in [0.05, 0.1) is 11.6 Å². The predicted molar refractivity (Wildman–Crippen MR) is 119 cm³/mol. The summed E-state index contributed by atoms with van der Waals surface area (Å²) in [4.78, 5) is 6.64. The summed E-state index contributed by atoms with van der Waals surface area (Å²) in [6.07, 6.45) is 0.929. The Bertz CT molecular complexity index is 1110. The lowest BCUT2D eigenvalue weighted by Crippen LogP contribution is -2.46. The molecule has 0 spiro atoms. The summed E-state index contributed by atoms with van der Waals surface area (Å²) >= 11 is 11.9. The molecule has 1 N–H and O–H groups in total. The van der Waals surface area contributed by atoms with E-state index in [1.807, 2.05) is 36.1 Å². The summed E-state index contributed by atoms with van der Waals surface area (Å²) in [5, 5.41) is 8.78. The van der Waals surface area contributed by atoms with Gasteiger partial charge in [-0.15, -0.1) is 0 Å². The molecule has 1 aliphatic heterocycles. The predicted octanol–water partition coefficient (Wildman–Crippen LogP) is 5.60. The van der Waals surface area contributed by atoms with Crippen LogP contribution >= 0.6 is 23.8 Å². The summed E-state index contributed by atoms with van der Waals surface area (Å²) in [7, 11) is 0. The largest absolute Gasteiger partial charge is 0.351 e. The Morgan fingerprint density at radius 1 is 1.23 bits per heavy atom. The van der Waals surface area contributed by atoms with Crippen LogP contribution in [0.1, 0.15) is 37.8 Å². The molecule has 1 aromatic heterocycles. The van der Waals surface area contributed by atoms with Crippen LogP contribution in [0, 0.1) is 5.82 Å². The van der Waals surface area contributed by atoms with Gasteiger partial charge in [0, 0.05) is 22.8 Å². The highest BCUT2D eigenvalue weighted by Crippen LogP contribution is 2.38. The van der Waals surface area contributed by atoms with Crippen LogP contribution in [0.4, 0.5) is 4.39 Å². The fourth-order valence-corrected chi connectivity index (χ4v) is 4.08. The molecule has 2 heterocycles. The molecule has 2 aromatic carbocycles. The van der Waals surface area contributed by atoms with Crippen LogP contribution in [0.15, 0.2) is 58.8 Å². The van der Waals surface area contributed by atoms with Gasteiger partial charge in [-0.3, -0.25) is 0 Å². The van der Waals surface area contributed by atoms with E-state index >= 15 is 0 Å². The summed E-state index contributed by atoms with van der Waals surface area (Å²) in [6.45, 7) is 4.86. The number of hydrogen-bond acceptors (Lipinski definition) is 4. The highest BCUT2D eigenvalue weighted by Gasteiger charge is 2.33. The molecule has 4 rings (SSSR count). The van der Waals surface area contributed by atoms with Gasteiger partial charge in [0.15, 0.2) is 5.11 Å². The Hall–Kier alpha value is -2.77. The number of benzene rings is 2. The molecular weight excluding hydrogens is 423 g/mol. The van der Waals surface area contributed by atoms with Gasteiger partial charge in [-0.05, 0) is 67.5 Å². The van der Waals surface area contributed by atoms with E-state index in [-0.39, 0.29) is 11.9 Å². The van der Waals surface area contributed by atoms with Crippen LogP contribution in [0.25, 0.3) is 17.0 Å². The van der Waals surface area contributed by atoms with Crippen LogP contribution in [0.3, 0.4) is 0 Å². The van der Waals surface area contributed by atoms with E-state index in [9.17, 15) is 4.39 Å². The number of rotatable bonds is 5. The van der Waals surface area contributed by atoms with E-state index in [0.29, 0.717) is 27.4 Å². The second-order valence-corrected chi connectivity index (χ2v) is 7.84. The molecule has 1 aliphatic rings. The molecular formula is C22H20ClFN4OS. The minimum Gasteiger partial charge on any atom is -0.351 e. The van der Waals surface area contributed by atoms with Gasteiger partial charge in [0.25, 0.3) is 5.89 Å². The van der Waals surface area contributed by atoms with E-state index in [1.54, 1.807) is 12.1 Å². The Kier molecular flexibility index (Phi) is 5.83. The molecule has 0 bridgehead atoms. The van der Waals surface area contributed by atoms with E-state index in [4.69, 9.17) is 28.3 Å². The number of hydrogen-bond donors (Lipinski definition) is 1. The van der Waals surface area contributed by atoms with Gasteiger partial charge in [0.2, 0.25) is 5.82 Å². The van der Waals surface area contributed by atoms with Crippen molar-refractivity contribution in [2.75, 3.05) is 6.54 Å². The second-order valence-electron chi connectivity index (χ2n) is 7.02. The lowest BCUT2D eigenvalue weighted by Gasteiger charge is -2.37. The summed E-state index contributed by atoms with van der Waals surface area (Å²) in [6, 6.07) is 13.3. The maximum absolute atomic E-state index is 13.3. The van der Waals surface area contributed by atoms with Gasteiger partial charge in [0.1, 0.15) is 5.82 Å². The van der Waals surface area contributed by atoms with E-state index in [1.165, 1.54) is 12.1 Å². The smallest absolute Gasteiger partial charge is 0.258 e. The Labute approximate surface area is 184 Å². The fraction of sp³-hybridized carbons (Fsp3) is 0.227. The normalized spacial score (nSPS) is 16.7. The number of allylic oxidation sites excluding steroid dienone is 1. The molecule has 3 aromatic rings. The topological polar surface area (TPSA) is 54.2 Å². The molecule has 0 saturated heterocycles. The number of thiocarbonyl (C=S) groups is 1. The van der Waals surface area contributed by atoms with Crippen molar-refractivity contribution >= 4 is 34.5 Å². The Morgan fingerprint density at radius 3 is 2.70 bits per heavy atom. The highest BCUT2D eigenvalue weighted by molar-refractivity contribution is 7.80. The molecule has 0 aliphatic carbocycles. The third kappa shape index (κ3) is 3.95. The zero-order valence-electron chi connectivity index (χ0n) is 16.5. The quantitative estimate of drug-likeness (QED) is 0.519. The first-order chi connectivity index (χ1) is 14.5. The third-order valence-electron chi connectivity index (χ3n) is 4.98. The van der Waals surface area contributed by atoms with Crippen LogP contribution < -0.4 is 5.32 Å². The maximum atomic E-state index is 13.3. The van der Waals surface area contributed by atoms with Crippen molar-refractivity contribution in [3.63, 3.8) is 0 Å². The first kappa shape index (κ1) is 20.5. The van der Waals surface area contributed by atoms with E-state index < -0.39 is 0 Å². The highest BCUT2D eigenvalue weighted by atomic mass is 35.5. The maximum Gasteiger partial charge on any atom is 0.258 e. The average molecular weight is 443 g/mol. The Balaban J connectivity index is 1.81. The van der Waals surface area contributed by atoms with Crippen molar-refractivity contribution in [1.29, 1.82) is 0 Å². The van der Waals surface area contributed by atoms with Crippen molar-refractivity contribution in [2.45, 2.75) is 26.3 Å². The molecule has 1 atom stereocenters. The molecule has 0 radical (unpaired) electrons. The molecule has 0 amide bonds. The van der Waals surface area contributed by atoms with Crippen LogP contribution in [-0.2, 0) is 0 Å². The molecule has 8 heteroatoms. The van der Waals surface area contributed by atoms with Gasteiger partial charge < -0.3 is 14.7 Å². The van der Waals surface area contributed by atoms with Crippen molar-refractivity contribution in [2.24, 2.45) is 0 Å². The second kappa shape index (κ2) is 8.53. The van der Waals surface area contributed by atoms with Gasteiger partial charge >= 0.3 is 0 Å². The zero-order chi connectivity index (χ0) is 21.3. The SMILES string of the molecule is CCCN1C(=S)NC(c2cccc(Cl)c2)C(c2nc(-c3ccc(F)cc3)no2)=C1C. The first-order valence-electron chi connectivity index (χ1n) is 9.62. The Morgan fingerprint density at radius 2 is 2.00 bits per heavy atom. The molecule has 0 saturated carbocycles. The fourth-order valence-electron chi connectivity index (χ4n) is 3.54. The van der Waals surface area contributed by atoms with Crippen molar-refractivity contribution in [1.82, 2.24) is 20.4 Å². The van der Waals surface area contributed by atoms with Crippen molar-refractivity contribution < 1.29 is 8.91 Å². The van der Waals surface area contributed by atoms with Crippen LogP contribution in [0.5, 0.6) is 0 Å². The standard InChI is InChI=1S/C22H20ClFN4OS/c1-3-11-28-13(2)18(19(25-22(28)30)15-5-4-6-16(23)12-15)21-26-20(27-29-21)14-7-9-17(24)10-8-14/h4-10,12,19H,3,11H2,1-2H3,(H,25,30). The summed E-state index contributed by atoms with van der Waals surface area (Å²) < 4.78 is 18.9. The summed E-state index contributed by atoms with van der Waals surface area (Å²) in [5.41, 5.74) is 3.39. The van der Waals surface area contributed by atoms with E-state index in [2.05, 4.69) is 22.4 Å². The van der Waals surface area contributed by atoms with Crippen LogP contribution in [0.2, 0.25) is 5.02 Å². The van der Waals surface area contributed by atoms with Gasteiger partial charge in [-0.1, -0.05) is 35.8 Å². The minimum atomic E-state index is -0.317. The van der Waals surface area contributed by atoms with Crippen molar-refractivity contribution in [3.8, 4) is 11.4 Å². The third-order valence-corrected chi connectivity index (χ3v) is 5.56. The number of nitrogens with one attached hydrogen (secondary N) is 1. The minimum absolute atomic E-state index is 0.286. The monoisotopic (exact) mass is 442 g/mol. The first-order valence-corrected chi connectivity index (χ1v) is 10.4. The lowest BCUT2D eigenvalue weighted by atomic mass is 9.95. The number of nitrogens with zero attached hydrogens (tertiary/aromatic N) is 3. The van der Waals surface area contributed by atoms with E-state index in [0.717, 1.165) is 29.8 Å².